The second-order valence-corrected chi connectivity index (χ2v) is 23.9. The maximum atomic E-state index is 13.4. The van der Waals surface area contributed by atoms with Crippen LogP contribution in [0.25, 0.3) is 0 Å². The zero-order chi connectivity index (χ0) is 66.8. The van der Waals surface area contributed by atoms with Gasteiger partial charge in [-0.2, -0.15) is 0 Å². The zero-order valence-corrected chi connectivity index (χ0v) is 55.2. The number of amides is 1. The molecule has 524 valence electrons. The maximum absolute atomic E-state index is 13.4. The molecule has 0 spiro atoms. The average Bonchev–Trinajstić information content (AvgIpc) is 0.830. The lowest BCUT2D eigenvalue weighted by atomic mass is 9.96. The van der Waals surface area contributed by atoms with E-state index in [2.05, 4.69) is 141 Å². The Morgan fingerprint density at radius 1 is 0.402 bits per heavy atom. The molecule has 3 aliphatic heterocycles. The number of nitrogens with one attached hydrogen (secondary N) is 1. The monoisotopic (exact) mass is 1300 g/mol. The number of hydrogen-bond donors (Lipinski definition) is 12. The molecule has 12 N–H and O–H groups in total. The van der Waals surface area contributed by atoms with E-state index in [9.17, 15) is 61.0 Å². The third kappa shape index (κ3) is 34.6. The summed E-state index contributed by atoms with van der Waals surface area (Å²) in [5, 5.41) is 120. The number of aliphatic hydroxyl groups excluding tert-OH is 11. The van der Waals surface area contributed by atoms with Crippen LogP contribution in [0, 0.1) is 0 Å². The number of ether oxygens (including phenoxy) is 6. The maximum Gasteiger partial charge on any atom is 0.220 e. The minimum atomic E-state index is -1.99. The Hall–Kier alpha value is -4.07. The Labute approximate surface area is 550 Å². The molecule has 3 saturated heterocycles. The number of carbonyl (C=O) groups excluding carboxylic acids is 1. The number of hydrogen-bond acceptors (Lipinski definition) is 18. The van der Waals surface area contributed by atoms with E-state index in [0.717, 1.165) is 122 Å². The van der Waals surface area contributed by atoms with Crippen LogP contribution < -0.4 is 5.32 Å². The first-order valence-electron chi connectivity index (χ1n) is 34.4. The molecule has 0 aromatic heterocycles. The van der Waals surface area contributed by atoms with Gasteiger partial charge in [0.05, 0.1) is 38.6 Å². The molecule has 19 heteroatoms. The lowest BCUT2D eigenvalue weighted by Gasteiger charge is -2.48. The van der Waals surface area contributed by atoms with Gasteiger partial charge in [-0.05, 0) is 103 Å². The summed E-state index contributed by atoms with van der Waals surface area (Å²) < 4.78 is 34.2. The van der Waals surface area contributed by atoms with Gasteiger partial charge in [-0.1, -0.05) is 212 Å². The first kappa shape index (κ1) is 82.2. The van der Waals surface area contributed by atoms with Crippen molar-refractivity contribution < 1.29 is 89.4 Å². The Morgan fingerprint density at radius 3 is 1.22 bits per heavy atom. The predicted octanol–water partition coefficient (Wildman–Crippen LogP) is 8.99. The molecular formula is C73H119NO18. The Balaban J connectivity index is 1.38. The van der Waals surface area contributed by atoms with E-state index in [-0.39, 0.29) is 18.9 Å². The quantitative estimate of drug-likeness (QED) is 0.0200. The summed E-state index contributed by atoms with van der Waals surface area (Å²) in [4.78, 5) is 13.4. The largest absolute Gasteiger partial charge is 0.394 e. The molecule has 17 atom stereocenters. The zero-order valence-electron chi connectivity index (χ0n) is 55.2. The van der Waals surface area contributed by atoms with Gasteiger partial charge >= 0.3 is 0 Å². The number of unbranched alkanes of at least 4 members (excludes halogenated alkanes) is 14. The number of carbonyl (C=O) groups is 1. The molecule has 1 amide bonds. The van der Waals surface area contributed by atoms with Crippen LogP contribution in [-0.2, 0) is 33.2 Å². The van der Waals surface area contributed by atoms with E-state index in [1.54, 1.807) is 6.08 Å². The minimum absolute atomic E-state index is 0.213. The molecule has 0 aromatic rings. The van der Waals surface area contributed by atoms with E-state index in [4.69, 9.17) is 28.4 Å². The van der Waals surface area contributed by atoms with Gasteiger partial charge in [0.1, 0.15) is 73.2 Å². The first-order chi connectivity index (χ1) is 44.8. The first-order valence-corrected chi connectivity index (χ1v) is 34.4. The van der Waals surface area contributed by atoms with E-state index in [0.29, 0.717) is 12.8 Å². The molecule has 92 heavy (non-hydrogen) atoms. The van der Waals surface area contributed by atoms with E-state index >= 15 is 0 Å². The van der Waals surface area contributed by atoms with Crippen molar-refractivity contribution >= 4 is 5.91 Å². The molecule has 3 fully saturated rings. The van der Waals surface area contributed by atoms with Crippen molar-refractivity contribution in [2.75, 3.05) is 26.4 Å². The van der Waals surface area contributed by atoms with Crippen LogP contribution in [0.3, 0.4) is 0 Å². The highest BCUT2D eigenvalue weighted by atomic mass is 16.8. The van der Waals surface area contributed by atoms with Crippen LogP contribution in [0.5, 0.6) is 0 Å². The van der Waals surface area contributed by atoms with Gasteiger partial charge in [-0.25, -0.2) is 0 Å². The topological polar surface area (TPSA) is 307 Å². The Bertz CT molecular complexity index is 2190. The summed E-state index contributed by atoms with van der Waals surface area (Å²) in [7, 11) is 0. The van der Waals surface area contributed by atoms with Gasteiger partial charge in [-0.15, -0.1) is 0 Å². The summed E-state index contributed by atoms with van der Waals surface area (Å²) >= 11 is 0. The smallest absolute Gasteiger partial charge is 0.220 e. The molecule has 0 saturated carbocycles. The fourth-order valence-electron chi connectivity index (χ4n) is 10.6. The summed E-state index contributed by atoms with van der Waals surface area (Å²) in [5.74, 6) is -0.305. The average molecular weight is 1300 g/mol. The molecular weight excluding hydrogens is 1180 g/mol. The second kappa shape index (κ2) is 53.1. The van der Waals surface area contributed by atoms with Crippen molar-refractivity contribution in [3.63, 3.8) is 0 Å². The van der Waals surface area contributed by atoms with Gasteiger partial charge in [0, 0.05) is 6.42 Å². The lowest BCUT2D eigenvalue weighted by Crippen LogP contribution is -2.66. The van der Waals surface area contributed by atoms with Crippen LogP contribution in [0.15, 0.2) is 134 Å². The molecule has 3 heterocycles. The van der Waals surface area contributed by atoms with Crippen LogP contribution in [0.4, 0.5) is 0 Å². The minimum Gasteiger partial charge on any atom is -0.394 e. The van der Waals surface area contributed by atoms with E-state index < -0.39 is 124 Å². The molecule has 0 bridgehead atoms. The van der Waals surface area contributed by atoms with Crippen molar-refractivity contribution in [1.29, 1.82) is 0 Å². The molecule has 3 aliphatic rings. The fourth-order valence-corrected chi connectivity index (χ4v) is 10.6. The number of aliphatic hydroxyl groups is 11. The SMILES string of the molecule is CC/C=C\C/C=C\C/C=C\C/C=C\C/C=C\C/C=C\C/C=C\C/C=C\C/C=C\CCCCCCCCCC(=O)NC(COC1OC(CO)C(OC2OC(CO)C(OC3OC(CO)C(O)C(O)C3O)C(O)C2O)C(O)C1O)C(O)/C=C/CC/C=C/CCCCCCCC. The third-order valence-electron chi connectivity index (χ3n) is 16.2. The highest BCUT2D eigenvalue weighted by Gasteiger charge is 2.53. The highest BCUT2D eigenvalue weighted by Crippen LogP contribution is 2.33. The molecule has 3 rings (SSSR count). The van der Waals surface area contributed by atoms with Crippen molar-refractivity contribution in [3.05, 3.63) is 134 Å². The van der Waals surface area contributed by atoms with E-state index in [1.807, 2.05) is 6.08 Å². The predicted molar refractivity (Wildman–Crippen MR) is 359 cm³/mol. The van der Waals surface area contributed by atoms with Gasteiger partial charge in [0.15, 0.2) is 18.9 Å². The summed E-state index contributed by atoms with van der Waals surface area (Å²) in [6, 6.07) is -1.00. The van der Waals surface area contributed by atoms with Crippen molar-refractivity contribution in [3.8, 4) is 0 Å². The van der Waals surface area contributed by atoms with Crippen molar-refractivity contribution in [1.82, 2.24) is 5.32 Å². The fraction of sp³-hybridized carbons (Fsp3) is 0.685. The molecule has 0 radical (unpaired) electrons. The van der Waals surface area contributed by atoms with Crippen molar-refractivity contribution in [2.24, 2.45) is 0 Å². The van der Waals surface area contributed by atoms with E-state index in [1.165, 1.54) is 32.1 Å². The van der Waals surface area contributed by atoms with Crippen LogP contribution >= 0.6 is 0 Å². The Kier molecular flexibility index (Phi) is 47.4. The third-order valence-corrected chi connectivity index (χ3v) is 16.2. The normalized spacial score (nSPS) is 28.6. The van der Waals surface area contributed by atoms with Crippen LogP contribution in [0.2, 0.25) is 0 Å². The van der Waals surface area contributed by atoms with Gasteiger partial charge in [-0.3, -0.25) is 4.79 Å². The van der Waals surface area contributed by atoms with Crippen molar-refractivity contribution in [2.45, 2.75) is 291 Å². The van der Waals surface area contributed by atoms with Crippen LogP contribution in [-0.4, -0.2) is 193 Å². The number of rotatable bonds is 50. The summed E-state index contributed by atoms with van der Waals surface area (Å²) in [5.41, 5.74) is 0. The van der Waals surface area contributed by atoms with Gasteiger partial charge < -0.3 is 89.9 Å². The highest BCUT2D eigenvalue weighted by molar-refractivity contribution is 5.76. The van der Waals surface area contributed by atoms with Crippen LogP contribution in [0.1, 0.15) is 187 Å². The molecule has 0 aromatic carbocycles. The Morgan fingerprint density at radius 2 is 0.761 bits per heavy atom. The summed E-state index contributed by atoms with van der Waals surface area (Å²) in [6.45, 7) is 1.53. The standard InChI is InChI=1S/C73H119NO18/c1-3-5-7-9-11-13-15-17-18-19-20-21-22-23-24-25-26-27-28-29-30-31-32-33-34-35-36-37-38-39-41-43-45-47-49-51-61(79)74-56(57(78)50-48-46-44-42-40-16-14-12-10-8-6-4-2)55-87-71-67(85)64(82)69(59(53-76)89-71)92-73-68(86)65(83)70(60(54-77)90-73)91-72-66(84)63(81)62(80)58(52-75)88-72/h5,7,11,13,17-18,20-21,23-24,26-27,29-30,32-33,35-36,40,42,48,50,56-60,62-73,75-78,80-86H,3-4,6,8-10,12,14-16,19,22,25,28,31,34,37-39,41,43-47,49,51-55H2,1-2H3,(H,74,79)/b7-5-,13-11-,18-17-,21-20-,24-23-,27-26-,30-29-,33-32-,36-35-,42-40+,50-48+. The second-order valence-electron chi connectivity index (χ2n) is 23.9. The molecule has 17 unspecified atom stereocenters. The molecule has 19 nitrogen and oxygen atoms in total. The molecule has 0 aliphatic carbocycles. The number of allylic oxidation sites excluding steroid dienone is 21. The van der Waals surface area contributed by atoms with Gasteiger partial charge in [0.2, 0.25) is 5.91 Å². The summed E-state index contributed by atoms with van der Waals surface area (Å²) in [6.07, 6.45) is 47.3. The van der Waals surface area contributed by atoms with Gasteiger partial charge in [0.25, 0.3) is 0 Å². The lowest BCUT2D eigenvalue weighted by molar-refractivity contribution is -0.379.